The first-order valence-electron chi connectivity index (χ1n) is 6.10. The second-order valence-electron chi connectivity index (χ2n) is 4.66. The Bertz CT molecular complexity index is 584. The van der Waals surface area contributed by atoms with E-state index in [9.17, 15) is 4.79 Å². The molecule has 0 spiro atoms. The summed E-state index contributed by atoms with van der Waals surface area (Å²) < 4.78 is 0. The largest absolute Gasteiger partial charge is 0.331 e. The number of thiophene rings is 2. The summed E-state index contributed by atoms with van der Waals surface area (Å²) in [4.78, 5) is 16.9. The molecule has 0 saturated heterocycles. The topological polar surface area (TPSA) is 20.3 Å². The molecule has 1 aliphatic rings. The maximum absolute atomic E-state index is 12.6. The minimum atomic E-state index is 0.187. The van der Waals surface area contributed by atoms with Crippen LogP contribution in [-0.2, 0) is 6.42 Å². The highest BCUT2D eigenvalue weighted by atomic mass is 32.1. The number of nitrogens with zero attached hydrogens (tertiary/aromatic N) is 1. The monoisotopic (exact) mass is 277 g/mol. The smallest absolute Gasteiger partial charge is 0.264 e. The zero-order valence-electron chi connectivity index (χ0n) is 10.5. The Balaban J connectivity index is 1.91. The van der Waals surface area contributed by atoms with Crippen LogP contribution in [0.5, 0.6) is 0 Å². The van der Waals surface area contributed by atoms with Crippen molar-refractivity contribution in [2.24, 2.45) is 0 Å². The van der Waals surface area contributed by atoms with Crippen LogP contribution in [0.2, 0.25) is 0 Å². The average Bonchev–Trinajstić information content (AvgIpc) is 2.97. The highest BCUT2D eigenvalue weighted by molar-refractivity contribution is 7.12. The van der Waals surface area contributed by atoms with Gasteiger partial charge in [0.25, 0.3) is 5.91 Å². The Labute approximate surface area is 115 Å². The van der Waals surface area contributed by atoms with E-state index in [4.69, 9.17) is 0 Å². The van der Waals surface area contributed by atoms with Crippen molar-refractivity contribution in [2.75, 3.05) is 6.54 Å². The molecule has 4 heteroatoms. The first-order chi connectivity index (χ1) is 8.68. The summed E-state index contributed by atoms with van der Waals surface area (Å²) >= 11 is 3.36. The van der Waals surface area contributed by atoms with Crippen LogP contribution in [0.15, 0.2) is 22.9 Å². The predicted molar refractivity (Wildman–Crippen MR) is 76.5 cm³/mol. The lowest BCUT2D eigenvalue weighted by atomic mass is 10.0. The van der Waals surface area contributed by atoms with Crippen molar-refractivity contribution in [3.63, 3.8) is 0 Å². The van der Waals surface area contributed by atoms with Gasteiger partial charge in [-0.05, 0) is 54.3 Å². The molecule has 0 saturated carbocycles. The number of aryl methyl sites for hydroxylation is 1. The molecule has 2 nitrogen and oxygen atoms in total. The number of hydrogen-bond donors (Lipinski definition) is 0. The molecule has 3 heterocycles. The maximum atomic E-state index is 12.6. The van der Waals surface area contributed by atoms with E-state index in [-0.39, 0.29) is 11.9 Å². The zero-order valence-corrected chi connectivity index (χ0v) is 12.1. The van der Waals surface area contributed by atoms with Crippen LogP contribution >= 0.6 is 22.7 Å². The fourth-order valence-corrected chi connectivity index (χ4v) is 4.35. The zero-order chi connectivity index (χ0) is 12.7. The number of carbonyl (C=O) groups excluding carboxylic acids is 1. The number of rotatable bonds is 1. The molecule has 1 aliphatic heterocycles. The molecule has 18 heavy (non-hydrogen) atoms. The Morgan fingerprint density at radius 1 is 1.33 bits per heavy atom. The first-order valence-corrected chi connectivity index (χ1v) is 7.85. The molecule has 1 unspecified atom stereocenters. The Kier molecular flexibility index (Phi) is 2.99. The standard InChI is InChI=1S/C14H15NOS2/c1-9-4-7-18-13(9)14(16)15-6-3-12-11(10(15)2)5-8-17-12/h4-5,7-8,10H,3,6H2,1-2H3. The van der Waals surface area contributed by atoms with Crippen LogP contribution in [0, 0.1) is 6.92 Å². The molecule has 3 rings (SSSR count). The lowest BCUT2D eigenvalue weighted by Crippen LogP contribution is -2.38. The van der Waals surface area contributed by atoms with Crippen molar-refractivity contribution in [3.8, 4) is 0 Å². The van der Waals surface area contributed by atoms with Gasteiger partial charge in [0.1, 0.15) is 0 Å². The van der Waals surface area contributed by atoms with Gasteiger partial charge < -0.3 is 4.90 Å². The van der Waals surface area contributed by atoms with Crippen LogP contribution < -0.4 is 0 Å². The lowest BCUT2D eigenvalue weighted by Gasteiger charge is -2.33. The normalized spacial score (nSPS) is 18.8. The van der Waals surface area contributed by atoms with Crippen molar-refractivity contribution in [2.45, 2.75) is 26.3 Å². The van der Waals surface area contributed by atoms with E-state index in [1.54, 1.807) is 11.3 Å². The van der Waals surface area contributed by atoms with E-state index < -0.39 is 0 Å². The molecule has 2 aromatic rings. The third kappa shape index (κ3) is 1.80. The van der Waals surface area contributed by atoms with Gasteiger partial charge in [-0.15, -0.1) is 22.7 Å². The van der Waals surface area contributed by atoms with Crippen LogP contribution in [-0.4, -0.2) is 17.4 Å². The minimum Gasteiger partial charge on any atom is -0.331 e. The Morgan fingerprint density at radius 3 is 2.83 bits per heavy atom. The quantitative estimate of drug-likeness (QED) is 0.774. The van der Waals surface area contributed by atoms with E-state index in [1.807, 2.05) is 34.6 Å². The summed E-state index contributed by atoms with van der Waals surface area (Å²) in [5.41, 5.74) is 2.42. The first kappa shape index (κ1) is 11.9. The fraction of sp³-hybridized carbons (Fsp3) is 0.357. The van der Waals surface area contributed by atoms with Crippen LogP contribution in [0.4, 0.5) is 0 Å². The SMILES string of the molecule is Cc1ccsc1C(=O)N1CCc2sccc2C1C. The minimum absolute atomic E-state index is 0.187. The van der Waals surface area contributed by atoms with Crippen molar-refractivity contribution in [1.82, 2.24) is 4.90 Å². The highest BCUT2D eigenvalue weighted by Crippen LogP contribution is 2.34. The van der Waals surface area contributed by atoms with Gasteiger partial charge in [0.05, 0.1) is 10.9 Å². The van der Waals surface area contributed by atoms with Crippen LogP contribution in [0.3, 0.4) is 0 Å². The predicted octanol–water partition coefficient (Wildman–Crippen LogP) is 3.88. The third-order valence-electron chi connectivity index (χ3n) is 3.59. The summed E-state index contributed by atoms with van der Waals surface area (Å²) in [5, 5.41) is 4.12. The van der Waals surface area contributed by atoms with E-state index in [0.717, 1.165) is 23.4 Å². The number of amides is 1. The molecule has 1 atom stereocenters. The van der Waals surface area contributed by atoms with E-state index in [2.05, 4.69) is 18.4 Å². The van der Waals surface area contributed by atoms with Crippen LogP contribution in [0.1, 0.15) is 38.6 Å². The molecule has 1 amide bonds. The van der Waals surface area contributed by atoms with Gasteiger partial charge in [-0.1, -0.05) is 0 Å². The fourth-order valence-electron chi connectivity index (χ4n) is 2.51. The van der Waals surface area contributed by atoms with Crippen molar-refractivity contribution >= 4 is 28.6 Å². The molecule has 0 fully saturated rings. The van der Waals surface area contributed by atoms with E-state index >= 15 is 0 Å². The number of hydrogen-bond acceptors (Lipinski definition) is 3. The summed E-state index contributed by atoms with van der Waals surface area (Å²) in [6.45, 7) is 4.98. The van der Waals surface area contributed by atoms with Crippen molar-refractivity contribution in [3.05, 3.63) is 43.8 Å². The molecule has 0 aliphatic carbocycles. The Hall–Kier alpha value is -1.13. The van der Waals surface area contributed by atoms with Gasteiger partial charge in [-0.3, -0.25) is 4.79 Å². The van der Waals surface area contributed by atoms with Gasteiger partial charge in [0.2, 0.25) is 0 Å². The average molecular weight is 277 g/mol. The molecule has 2 aromatic heterocycles. The molecule has 0 radical (unpaired) electrons. The second kappa shape index (κ2) is 4.52. The lowest BCUT2D eigenvalue weighted by molar-refractivity contribution is 0.0684. The number of fused-ring (bicyclic) bond motifs is 1. The molecular weight excluding hydrogens is 262 g/mol. The van der Waals surface area contributed by atoms with Gasteiger partial charge in [-0.2, -0.15) is 0 Å². The molecule has 0 N–H and O–H groups in total. The van der Waals surface area contributed by atoms with Crippen molar-refractivity contribution < 1.29 is 4.79 Å². The van der Waals surface area contributed by atoms with Gasteiger partial charge in [0, 0.05) is 11.4 Å². The Morgan fingerprint density at radius 2 is 2.11 bits per heavy atom. The van der Waals surface area contributed by atoms with Gasteiger partial charge in [0.15, 0.2) is 0 Å². The number of carbonyl (C=O) groups is 1. The highest BCUT2D eigenvalue weighted by Gasteiger charge is 2.29. The van der Waals surface area contributed by atoms with Crippen molar-refractivity contribution in [1.29, 1.82) is 0 Å². The summed E-state index contributed by atoms with van der Waals surface area (Å²) in [5.74, 6) is 0.187. The van der Waals surface area contributed by atoms with Gasteiger partial charge >= 0.3 is 0 Å². The molecule has 0 aromatic carbocycles. The maximum Gasteiger partial charge on any atom is 0.264 e. The van der Waals surface area contributed by atoms with E-state index in [0.29, 0.717) is 0 Å². The molecular formula is C14H15NOS2. The summed E-state index contributed by atoms with van der Waals surface area (Å²) in [6.07, 6.45) is 0.994. The third-order valence-corrected chi connectivity index (χ3v) is 5.60. The summed E-state index contributed by atoms with van der Waals surface area (Å²) in [7, 11) is 0. The molecule has 94 valence electrons. The van der Waals surface area contributed by atoms with Gasteiger partial charge in [-0.25, -0.2) is 0 Å². The van der Waals surface area contributed by atoms with Crippen LogP contribution in [0.25, 0.3) is 0 Å². The molecule has 0 bridgehead atoms. The summed E-state index contributed by atoms with van der Waals surface area (Å²) in [6, 6.07) is 4.38. The second-order valence-corrected chi connectivity index (χ2v) is 6.57. The van der Waals surface area contributed by atoms with E-state index in [1.165, 1.54) is 10.4 Å².